The molecular weight excluding hydrogens is 478 g/mol. The van der Waals surface area contributed by atoms with Gasteiger partial charge in [0, 0.05) is 23.0 Å². The van der Waals surface area contributed by atoms with Crippen LogP contribution < -0.4 is 5.73 Å². The number of fused-ring (bicyclic) bond motifs is 1. The van der Waals surface area contributed by atoms with Gasteiger partial charge in [-0.2, -0.15) is 0 Å². The largest absolute Gasteiger partial charge is 0.448 e. The molecule has 1 aromatic heterocycles. The number of nitrogens with zero attached hydrogens (tertiary/aromatic N) is 2. The maximum atomic E-state index is 13.7. The lowest BCUT2D eigenvalue weighted by molar-refractivity contribution is -0.153. The molecule has 3 aromatic rings. The third kappa shape index (κ3) is 4.91. The number of allylic oxidation sites excluding steroid dienone is 1. The molecule has 8 heteroatoms. The number of rotatable bonds is 7. The number of thioether (sulfide) groups is 2. The summed E-state index contributed by atoms with van der Waals surface area (Å²) >= 11 is 3.07. The van der Waals surface area contributed by atoms with Crippen molar-refractivity contribution in [2.75, 3.05) is 5.75 Å². The number of hydrogen-bond donors (Lipinski definition) is 1. The molecule has 2 aliphatic heterocycles. The molecule has 176 valence electrons. The Morgan fingerprint density at radius 1 is 1.06 bits per heavy atom. The minimum Gasteiger partial charge on any atom is -0.448 e. The number of β-lactam (4-membered cyclic amide) rings is 1. The quantitative estimate of drug-likeness (QED) is 0.289. The van der Waals surface area contributed by atoms with Crippen LogP contribution in [0.2, 0.25) is 0 Å². The molecule has 2 aliphatic rings. The van der Waals surface area contributed by atoms with E-state index in [2.05, 4.69) is 4.98 Å². The molecule has 35 heavy (non-hydrogen) atoms. The fourth-order valence-electron chi connectivity index (χ4n) is 4.02. The summed E-state index contributed by atoms with van der Waals surface area (Å²) in [6.07, 6.45) is 4.73. The number of ether oxygens (including phenoxy) is 1. The first-order valence-corrected chi connectivity index (χ1v) is 13.0. The van der Waals surface area contributed by atoms with Gasteiger partial charge in [0.1, 0.15) is 17.1 Å². The zero-order chi connectivity index (χ0) is 24.2. The third-order valence-electron chi connectivity index (χ3n) is 5.78. The number of carbonyl (C=O) groups excluding carboxylic acids is 2. The maximum Gasteiger partial charge on any atom is 0.356 e. The molecule has 1 amide bonds. The van der Waals surface area contributed by atoms with Crippen LogP contribution in [0.1, 0.15) is 17.2 Å². The van der Waals surface area contributed by atoms with E-state index in [0.717, 1.165) is 21.6 Å². The summed E-state index contributed by atoms with van der Waals surface area (Å²) in [6.45, 7) is 0. The summed E-state index contributed by atoms with van der Waals surface area (Å²) in [6, 6.07) is 22.4. The topological polar surface area (TPSA) is 85.5 Å². The second-order valence-corrected chi connectivity index (χ2v) is 10.1. The van der Waals surface area contributed by atoms with Crippen LogP contribution in [0.15, 0.2) is 113 Å². The Labute approximate surface area is 212 Å². The lowest BCUT2D eigenvalue weighted by Crippen LogP contribution is -2.68. The van der Waals surface area contributed by atoms with Crippen molar-refractivity contribution in [1.29, 1.82) is 0 Å². The van der Waals surface area contributed by atoms with E-state index in [1.807, 2.05) is 84.3 Å². The standard InChI is InChI=1S/C27H23N3O3S2/c28-22-25(31)30-23(20(17-35-26(22)30)13-16-34-21-11-14-29-15-12-21)27(32)33-24(18-7-3-1-4-8-18)19-9-5-2-6-10-19/h1-16,22,24,26H,17,28H2/t22?,26-/m1/s1. The van der Waals surface area contributed by atoms with Gasteiger partial charge in [0.05, 0.1) is 0 Å². The van der Waals surface area contributed by atoms with Gasteiger partial charge in [-0.3, -0.25) is 14.7 Å². The molecule has 0 bridgehead atoms. The van der Waals surface area contributed by atoms with Gasteiger partial charge in [-0.15, -0.1) is 11.8 Å². The number of esters is 1. The zero-order valence-corrected chi connectivity index (χ0v) is 20.3. The van der Waals surface area contributed by atoms with Gasteiger partial charge in [-0.05, 0) is 40.3 Å². The third-order valence-corrected chi connectivity index (χ3v) is 7.92. The van der Waals surface area contributed by atoms with Crippen LogP contribution in [0.25, 0.3) is 0 Å². The Morgan fingerprint density at radius 3 is 2.31 bits per heavy atom. The first-order valence-electron chi connectivity index (χ1n) is 11.1. The molecule has 0 saturated carbocycles. The Morgan fingerprint density at radius 2 is 1.69 bits per heavy atom. The zero-order valence-electron chi connectivity index (χ0n) is 18.7. The number of benzene rings is 2. The van der Waals surface area contributed by atoms with Gasteiger partial charge in [0.25, 0.3) is 0 Å². The lowest BCUT2D eigenvalue weighted by Gasteiger charge is -2.48. The summed E-state index contributed by atoms with van der Waals surface area (Å²) in [5.74, 6) is -0.249. The van der Waals surface area contributed by atoms with Gasteiger partial charge in [-0.1, -0.05) is 72.4 Å². The van der Waals surface area contributed by atoms with E-state index in [1.54, 1.807) is 24.2 Å². The molecule has 2 atom stereocenters. The molecule has 1 saturated heterocycles. The van der Waals surface area contributed by atoms with E-state index in [-0.39, 0.29) is 17.0 Å². The minimum atomic E-state index is -0.612. The summed E-state index contributed by atoms with van der Waals surface area (Å²) < 4.78 is 6.10. The summed E-state index contributed by atoms with van der Waals surface area (Å²) in [7, 11) is 0. The van der Waals surface area contributed by atoms with Crippen molar-refractivity contribution in [1.82, 2.24) is 9.88 Å². The Bertz CT molecular complexity index is 1230. The van der Waals surface area contributed by atoms with E-state index < -0.39 is 18.1 Å². The van der Waals surface area contributed by atoms with Gasteiger partial charge >= 0.3 is 5.97 Å². The number of pyridine rings is 1. The second-order valence-electron chi connectivity index (χ2n) is 8.02. The smallest absolute Gasteiger partial charge is 0.356 e. The highest BCUT2D eigenvalue weighted by molar-refractivity contribution is 8.02. The average molecular weight is 502 g/mol. The van der Waals surface area contributed by atoms with Crippen molar-refractivity contribution in [3.63, 3.8) is 0 Å². The van der Waals surface area contributed by atoms with Gasteiger partial charge in [-0.25, -0.2) is 4.79 Å². The summed E-state index contributed by atoms with van der Waals surface area (Å²) in [5.41, 5.74) is 8.74. The Kier molecular flexibility index (Phi) is 7.03. The van der Waals surface area contributed by atoms with Crippen LogP contribution in [0, 0.1) is 0 Å². The van der Waals surface area contributed by atoms with Crippen molar-refractivity contribution in [2.24, 2.45) is 5.73 Å². The Balaban J connectivity index is 1.47. The van der Waals surface area contributed by atoms with Crippen LogP contribution in [0.5, 0.6) is 0 Å². The molecule has 0 aliphatic carbocycles. The predicted molar refractivity (Wildman–Crippen MR) is 138 cm³/mol. The highest BCUT2D eigenvalue weighted by Crippen LogP contribution is 2.41. The number of aromatic nitrogens is 1. The fraction of sp³-hybridized carbons (Fsp3) is 0.148. The first kappa shape index (κ1) is 23.4. The normalized spacial score (nSPS) is 19.6. The van der Waals surface area contributed by atoms with Crippen LogP contribution in [-0.4, -0.2) is 38.9 Å². The highest BCUT2D eigenvalue weighted by atomic mass is 32.2. The van der Waals surface area contributed by atoms with E-state index in [9.17, 15) is 9.59 Å². The number of hydrogen-bond acceptors (Lipinski definition) is 7. The van der Waals surface area contributed by atoms with Crippen molar-refractivity contribution in [3.05, 3.63) is 119 Å². The van der Waals surface area contributed by atoms with Gasteiger partial charge in [0.2, 0.25) is 5.91 Å². The van der Waals surface area contributed by atoms with Gasteiger partial charge in [0.15, 0.2) is 6.10 Å². The van der Waals surface area contributed by atoms with Crippen molar-refractivity contribution >= 4 is 35.4 Å². The van der Waals surface area contributed by atoms with Crippen molar-refractivity contribution in [2.45, 2.75) is 22.4 Å². The molecule has 0 radical (unpaired) electrons. The van der Waals surface area contributed by atoms with Crippen LogP contribution >= 0.6 is 23.5 Å². The predicted octanol–water partition coefficient (Wildman–Crippen LogP) is 4.52. The van der Waals surface area contributed by atoms with Crippen LogP contribution in [0.4, 0.5) is 0 Å². The van der Waals surface area contributed by atoms with E-state index in [4.69, 9.17) is 10.5 Å². The molecule has 1 unspecified atom stereocenters. The molecule has 5 rings (SSSR count). The SMILES string of the molecule is NC1C(=O)N2C(C(=O)OC(c3ccccc3)c3ccccc3)=C(C=CSc3ccncc3)CS[C@H]12. The van der Waals surface area contributed by atoms with E-state index in [1.165, 1.54) is 16.7 Å². The highest BCUT2D eigenvalue weighted by Gasteiger charge is 2.52. The van der Waals surface area contributed by atoms with Crippen LogP contribution in [-0.2, 0) is 14.3 Å². The van der Waals surface area contributed by atoms with Crippen molar-refractivity contribution < 1.29 is 14.3 Å². The molecule has 6 nitrogen and oxygen atoms in total. The molecule has 2 aromatic carbocycles. The average Bonchev–Trinajstić information content (AvgIpc) is 2.92. The van der Waals surface area contributed by atoms with E-state index in [0.29, 0.717) is 5.75 Å². The summed E-state index contributed by atoms with van der Waals surface area (Å²) in [5, 5.41) is 1.65. The first-order chi connectivity index (χ1) is 17.1. The molecule has 0 spiro atoms. The van der Waals surface area contributed by atoms with Crippen molar-refractivity contribution in [3.8, 4) is 0 Å². The lowest BCUT2D eigenvalue weighted by atomic mass is 10.0. The number of carbonyl (C=O) groups is 2. The molecule has 1 fully saturated rings. The summed E-state index contributed by atoms with van der Waals surface area (Å²) in [4.78, 5) is 32.9. The number of amides is 1. The molecular formula is C27H23N3O3S2. The van der Waals surface area contributed by atoms with Gasteiger partial charge < -0.3 is 10.5 Å². The maximum absolute atomic E-state index is 13.7. The monoisotopic (exact) mass is 501 g/mol. The second kappa shape index (κ2) is 10.5. The molecule has 3 heterocycles. The number of nitrogens with two attached hydrogens (primary N) is 1. The van der Waals surface area contributed by atoms with E-state index >= 15 is 0 Å². The minimum absolute atomic E-state index is 0.262. The Hall–Kier alpha value is -3.33. The van der Waals surface area contributed by atoms with Crippen LogP contribution in [0.3, 0.4) is 0 Å². The fourth-order valence-corrected chi connectivity index (χ4v) is 5.95. The molecule has 2 N–H and O–H groups in total.